The Morgan fingerprint density at radius 2 is 2.11 bits per heavy atom. The molecule has 96 valence electrons. The van der Waals surface area contributed by atoms with Gasteiger partial charge in [-0.1, -0.05) is 18.2 Å². The Labute approximate surface area is 108 Å². The molecule has 1 heterocycles. The molecule has 0 saturated heterocycles. The van der Waals surface area contributed by atoms with E-state index in [1.54, 1.807) is 0 Å². The Morgan fingerprint density at radius 3 is 2.78 bits per heavy atom. The van der Waals surface area contributed by atoms with E-state index in [1.807, 2.05) is 26.5 Å². The molecule has 0 aliphatic rings. The van der Waals surface area contributed by atoms with Gasteiger partial charge in [0, 0.05) is 38.7 Å². The standard InChI is InChI=1S/C14H20N4/c1-15-10-12-6-4-5-7-13(12)18(3)11-14-16-8-9-17(14)2/h4-9,15H,10-11H2,1-3H3. The van der Waals surface area contributed by atoms with Gasteiger partial charge in [0.05, 0.1) is 6.54 Å². The van der Waals surface area contributed by atoms with E-state index >= 15 is 0 Å². The fraction of sp³-hybridized carbons (Fsp3) is 0.357. The van der Waals surface area contributed by atoms with Crippen molar-refractivity contribution in [2.75, 3.05) is 19.0 Å². The highest BCUT2D eigenvalue weighted by molar-refractivity contribution is 5.53. The normalized spacial score (nSPS) is 10.6. The van der Waals surface area contributed by atoms with Crippen LogP contribution in [-0.4, -0.2) is 23.6 Å². The molecule has 0 spiro atoms. The van der Waals surface area contributed by atoms with E-state index in [9.17, 15) is 0 Å². The molecule has 4 heteroatoms. The number of rotatable bonds is 5. The van der Waals surface area contributed by atoms with Gasteiger partial charge in [0.2, 0.25) is 0 Å². The molecule has 0 radical (unpaired) electrons. The Morgan fingerprint density at radius 1 is 1.33 bits per heavy atom. The van der Waals surface area contributed by atoms with E-state index in [0.29, 0.717) is 0 Å². The van der Waals surface area contributed by atoms with Gasteiger partial charge in [0.15, 0.2) is 0 Å². The molecule has 4 nitrogen and oxygen atoms in total. The van der Waals surface area contributed by atoms with Crippen molar-refractivity contribution in [1.82, 2.24) is 14.9 Å². The number of anilines is 1. The lowest BCUT2D eigenvalue weighted by atomic mass is 10.1. The molecule has 2 rings (SSSR count). The minimum atomic E-state index is 0.810. The maximum atomic E-state index is 4.36. The van der Waals surface area contributed by atoms with Crippen LogP contribution >= 0.6 is 0 Å². The minimum absolute atomic E-state index is 0.810. The average molecular weight is 244 g/mol. The molecule has 0 atom stereocenters. The summed E-state index contributed by atoms with van der Waals surface area (Å²) in [6.45, 7) is 1.69. The van der Waals surface area contributed by atoms with Crippen LogP contribution < -0.4 is 10.2 Å². The summed E-state index contributed by atoms with van der Waals surface area (Å²) in [4.78, 5) is 6.59. The van der Waals surface area contributed by atoms with Crippen LogP contribution in [0.2, 0.25) is 0 Å². The molecule has 1 aromatic heterocycles. The van der Waals surface area contributed by atoms with E-state index < -0.39 is 0 Å². The fourth-order valence-corrected chi connectivity index (χ4v) is 2.07. The topological polar surface area (TPSA) is 33.1 Å². The number of benzene rings is 1. The molecule has 0 aliphatic carbocycles. The predicted molar refractivity (Wildman–Crippen MR) is 74.5 cm³/mol. The van der Waals surface area contributed by atoms with Crippen molar-refractivity contribution in [3.05, 3.63) is 48.0 Å². The summed E-state index contributed by atoms with van der Waals surface area (Å²) < 4.78 is 2.05. The number of nitrogens with one attached hydrogen (secondary N) is 1. The van der Waals surface area contributed by atoms with Gasteiger partial charge in [0.1, 0.15) is 5.82 Å². The van der Waals surface area contributed by atoms with Crippen molar-refractivity contribution in [1.29, 1.82) is 0 Å². The van der Waals surface area contributed by atoms with Crippen molar-refractivity contribution >= 4 is 5.69 Å². The van der Waals surface area contributed by atoms with Gasteiger partial charge in [-0.2, -0.15) is 0 Å². The second-order valence-corrected chi connectivity index (χ2v) is 4.47. The lowest BCUT2D eigenvalue weighted by Gasteiger charge is -2.22. The maximum Gasteiger partial charge on any atom is 0.127 e. The fourth-order valence-electron chi connectivity index (χ4n) is 2.07. The molecule has 0 fully saturated rings. The quantitative estimate of drug-likeness (QED) is 0.870. The van der Waals surface area contributed by atoms with Crippen LogP contribution in [0, 0.1) is 0 Å². The molecule has 0 unspecified atom stereocenters. The predicted octanol–water partition coefficient (Wildman–Crippen LogP) is 1.78. The van der Waals surface area contributed by atoms with Gasteiger partial charge in [-0.05, 0) is 18.7 Å². The number of hydrogen-bond donors (Lipinski definition) is 1. The Kier molecular flexibility index (Phi) is 3.99. The molecule has 0 amide bonds. The lowest BCUT2D eigenvalue weighted by molar-refractivity contribution is 0.752. The average Bonchev–Trinajstić information content (AvgIpc) is 2.76. The second-order valence-electron chi connectivity index (χ2n) is 4.47. The summed E-state index contributed by atoms with van der Waals surface area (Å²) in [7, 11) is 6.09. The molecular weight excluding hydrogens is 224 g/mol. The highest BCUT2D eigenvalue weighted by atomic mass is 15.2. The molecule has 1 N–H and O–H groups in total. The van der Waals surface area contributed by atoms with Crippen LogP contribution in [0.4, 0.5) is 5.69 Å². The molecular formula is C14H20N4. The second kappa shape index (κ2) is 5.69. The van der Waals surface area contributed by atoms with Gasteiger partial charge in [-0.15, -0.1) is 0 Å². The van der Waals surface area contributed by atoms with Crippen molar-refractivity contribution < 1.29 is 0 Å². The first-order chi connectivity index (χ1) is 8.72. The van der Waals surface area contributed by atoms with Crippen LogP contribution in [0.5, 0.6) is 0 Å². The van der Waals surface area contributed by atoms with Crippen molar-refractivity contribution in [2.24, 2.45) is 7.05 Å². The summed E-state index contributed by atoms with van der Waals surface area (Å²) in [6, 6.07) is 8.45. The molecule has 1 aromatic carbocycles. The van der Waals surface area contributed by atoms with E-state index in [-0.39, 0.29) is 0 Å². The van der Waals surface area contributed by atoms with Crippen molar-refractivity contribution in [2.45, 2.75) is 13.1 Å². The summed E-state index contributed by atoms with van der Waals surface area (Å²) in [6.07, 6.45) is 3.81. The van der Waals surface area contributed by atoms with Crippen LogP contribution in [0.1, 0.15) is 11.4 Å². The first kappa shape index (κ1) is 12.6. The largest absolute Gasteiger partial charge is 0.367 e. The number of aromatic nitrogens is 2. The molecule has 0 aliphatic heterocycles. The molecule has 18 heavy (non-hydrogen) atoms. The lowest BCUT2D eigenvalue weighted by Crippen LogP contribution is -2.21. The van der Waals surface area contributed by atoms with Gasteiger partial charge >= 0.3 is 0 Å². The Bertz CT molecular complexity index is 504. The summed E-state index contributed by atoms with van der Waals surface area (Å²) in [5, 5.41) is 3.20. The highest BCUT2D eigenvalue weighted by Crippen LogP contribution is 2.20. The van der Waals surface area contributed by atoms with Crippen LogP contribution in [0.15, 0.2) is 36.7 Å². The minimum Gasteiger partial charge on any atom is -0.367 e. The molecule has 2 aromatic rings. The van der Waals surface area contributed by atoms with E-state index in [4.69, 9.17) is 0 Å². The van der Waals surface area contributed by atoms with E-state index in [2.05, 4.69) is 51.1 Å². The smallest absolute Gasteiger partial charge is 0.127 e. The van der Waals surface area contributed by atoms with E-state index in [0.717, 1.165) is 18.9 Å². The number of hydrogen-bond acceptors (Lipinski definition) is 3. The van der Waals surface area contributed by atoms with Crippen LogP contribution in [-0.2, 0) is 20.1 Å². The monoisotopic (exact) mass is 244 g/mol. The molecule has 0 saturated carbocycles. The number of aryl methyl sites for hydroxylation is 1. The molecule has 0 bridgehead atoms. The van der Waals surface area contributed by atoms with Gasteiger partial charge in [-0.25, -0.2) is 4.98 Å². The number of imidazole rings is 1. The summed E-state index contributed by atoms with van der Waals surface area (Å²) in [5.41, 5.74) is 2.55. The first-order valence-electron chi connectivity index (χ1n) is 6.12. The third-order valence-corrected chi connectivity index (χ3v) is 3.07. The summed E-state index contributed by atoms with van der Waals surface area (Å²) in [5.74, 6) is 1.07. The van der Waals surface area contributed by atoms with Crippen molar-refractivity contribution in [3.63, 3.8) is 0 Å². The van der Waals surface area contributed by atoms with Gasteiger partial charge < -0.3 is 14.8 Å². The zero-order valence-corrected chi connectivity index (χ0v) is 11.2. The van der Waals surface area contributed by atoms with Crippen molar-refractivity contribution in [3.8, 4) is 0 Å². The van der Waals surface area contributed by atoms with E-state index in [1.165, 1.54) is 11.3 Å². The Balaban J connectivity index is 2.18. The third kappa shape index (κ3) is 2.71. The first-order valence-corrected chi connectivity index (χ1v) is 6.12. The number of nitrogens with zero attached hydrogens (tertiary/aromatic N) is 3. The van der Waals surface area contributed by atoms with Crippen LogP contribution in [0.3, 0.4) is 0 Å². The zero-order chi connectivity index (χ0) is 13.0. The summed E-state index contributed by atoms with van der Waals surface area (Å²) >= 11 is 0. The SMILES string of the molecule is CNCc1ccccc1N(C)Cc1nccn1C. The highest BCUT2D eigenvalue weighted by Gasteiger charge is 2.09. The Hall–Kier alpha value is -1.81. The third-order valence-electron chi connectivity index (χ3n) is 3.07. The van der Waals surface area contributed by atoms with Gasteiger partial charge in [-0.3, -0.25) is 0 Å². The number of para-hydroxylation sites is 1. The van der Waals surface area contributed by atoms with Crippen LogP contribution in [0.25, 0.3) is 0 Å². The zero-order valence-electron chi connectivity index (χ0n) is 11.2. The van der Waals surface area contributed by atoms with Gasteiger partial charge in [0.25, 0.3) is 0 Å². The maximum absolute atomic E-state index is 4.36.